The van der Waals surface area contributed by atoms with Gasteiger partial charge >= 0.3 is 0 Å². The number of likely N-dealkylation sites (tertiary alicyclic amines) is 1. The van der Waals surface area contributed by atoms with Gasteiger partial charge in [-0.05, 0) is 42.3 Å². The topological polar surface area (TPSA) is 59.2 Å². The van der Waals surface area contributed by atoms with Gasteiger partial charge in [0.1, 0.15) is 11.1 Å². The largest absolute Gasteiger partial charge is 0.411 e. The van der Waals surface area contributed by atoms with Gasteiger partial charge in [0.2, 0.25) is 5.91 Å². The summed E-state index contributed by atoms with van der Waals surface area (Å²) in [5.41, 5.74) is 1.13. The first-order valence-electron chi connectivity index (χ1n) is 8.81. The minimum atomic E-state index is -0.474. The van der Waals surface area contributed by atoms with Crippen molar-refractivity contribution < 1.29 is 13.6 Å². The molecule has 2 aromatic carbocycles. The van der Waals surface area contributed by atoms with Crippen LogP contribution in [0.2, 0.25) is 0 Å². The molecule has 2 heterocycles. The first-order chi connectivity index (χ1) is 13.2. The molecular weight excluding hydrogens is 365 g/mol. The number of benzene rings is 2. The van der Waals surface area contributed by atoms with Gasteiger partial charge in [-0.1, -0.05) is 42.5 Å². The van der Waals surface area contributed by atoms with Crippen molar-refractivity contribution >= 4 is 17.7 Å². The Morgan fingerprint density at radius 2 is 1.74 bits per heavy atom. The Morgan fingerprint density at radius 1 is 1.04 bits per heavy atom. The lowest BCUT2D eigenvalue weighted by Crippen LogP contribution is -2.31. The third-order valence-corrected chi connectivity index (χ3v) is 5.55. The predicted molar refractivity (Wildman–Crippen MR) is 101 cm³/mol. The lowest BCUT2D eigenvalue weighted by Gasteiger charge is -2.22. The molecule has 1 saturated heterocycles. The minimum Gasteiger partial charge on any atom is -0.411 e. The maximum Gasteiger partial charge on any atom is 0.277 e. The van der Waals surface area contributed by atoms with Crippen LogP contribution in [0.25, 0.3) is 11.5 Å². The van der Waals surface area contributed by atoms with Crippen molar-refractivity contribution in [3.63, 3.8) is 0 Å². The highest BCUT2D eigenvalue weighted by Gasteiger charge is 2.30. The van der Waals surface area contributed by atoms with Crippen molar-refractivity contribution in [3.05, 3.63) is 66.0 Å². The average Bonchev–Trinajstić information content (AvgIpc) is 3.39. The second-order valence-corrected chi connectivity index (χ2v) is 7.35. The number of halogens is 1. The number of nitrogens with zero attached hydrogens (tertiary/aromatic N) is 3. The van der Waals surface area contributed by atoms with Crippen LogP contribution in [0.4, 0.5) is 4.39 Å². The molecule has 1 fully saturated rings. The summed E-state index contributed by atoms with van der Waals surface area (Å²) < 4.78 is 19.6. The van der Waals surface area contributed by atoms with Crippen molar-refractivity contribution in [1.82, 2.24) is 15.1 Å². The Bertz CT molecular complexity index is 926. The van der Waals surface area contributed by atoms with Gasteiger partial charge in [-0.3, -0.25) is 4.79 Å². The van der Waals surface area contributed by atoms with E-state index in [1.165, 1.54) is 17.8 Å². The number of aromatic nitrogens is 2. The molecule has 1 aliphatic rings. The van der Waals surface area contributed by atoms with Crippen LogP contribution in [-0.4, -0.2) is 34.1 Å². The molecule has 1 aromatic heterocycles. The van der Waals surface area contributed by atoms with Gasteiger partial charge < -0.3 is 9.32 Å². The number of hydrogen-bond donors (Lipinski definition) is 0. The molecule has 0 aliphatic carbocycles. The van der Waals surface area contributed by atoms with E-state index in [-0.39, 0.29) is 22.6 Å². The zero-order chi connectivity index (χ0) is 18.6. The van der Waals surface area contributed by atoms with Crippen LogP contribution in [0, 0.1) is 5.82 Å². The van der Waals surface area contributed by atoms with Crippen LogP contribution >= 0.6 is 11.8 Å². The van der Waals surface area contributed by atoms with Crippen LogP contribution < -0.4 is 0 Å². The fourth-order valence-corrected chi connectivity index (χ4v) is 4.05. The Balaban J connectivity index is 1.60. The molecule has 1 aliphatic heterocycles. The summed E-state index contributed by atoms with van der Waals surface area (Å²) in [5.74, 6) is -0.282. The van der Waals surface area contributed by atoms with Gasteiger partial charge in [0.25, 0.3) is 11.1 Å². The Hall–Kier alpha value is -2.67. The van der Waals surface area contributed by atoms with E-state index >= 15 is 0 Å². The van der Waals surface area contributed by atoms with Gasteiger partial charge in [-0.2, -0.15) is 0 Å². The number of rotatable bonds is 5. The third kappa shape index (κ3) is 3.88. The molecule has 0 unspecified atom stereocenters. The highest BCUT2D eigenvalue weighted by atomic mass is 32.2. The van der Waals surface area contributed by atoms with E-state index in [2.05, 4.69) is 10.2 Å². The lowest BCUT2D eigenvalue weighted by molar-refractivity contribution is -0.129. The molecule has 1 atom stereocenters. The monoisotopic (exact) mass is 383 g/mol. The van der Waals surface area contributed by atoms with E-state index in [0.717, 1.165) is 31.5 Å². The van der Waals surface area contributed by atoms with Gasteiger partial charge in [0.15, 0.2) is 0 Å². The van der Waals surface area contributed by atoms with E-state index in [0.29, 0.717) is 0 Å². The molecule has 0 saturated carbocycles. The molecule has 4 rings (SSSR count). The molecule has 0 bridgehead atoms. The van der Waals surface area contributed by atoms with Crippen molar-refractivity contribution in [2.24, 2.45) is 0 Å². The van der Waals surface area contributed by atoms with Crippen molar-refractivity contribution in [2.75, 3.05) is 13.1 Å². The number of carbonyl (C=O) groups is 1. The molecular formula is C20H18FN3O2S. The van der Waals surface area contributed by atoms with Gasteiger partial charge in [0.05, 0.1) is 5.56 Å². The molecule has 0 N–H and O–H groups in total. The quantitative estimate of drug-likeness (QED) is 0.614. The normalized spacial score (nSPS) is 15.1. The van der Waals surface area contributed by atoms with E-state index in [1.807, 2.05) is 35.2 Å². The number of hydrogen-bond acceptors (Lipinski definition) is 5. The van der Waals surface area contributed by atoms with Crippen LogP contribution in [0.5, 0.6) is 0 Å². The second-order valence-electron chi connectivity index (χ2n) is 6.29. The zero-order valence-corrected chi connectivity index (χ0v) is 15.4. The first kappa shape index (κ1) is 17.7. The van der Waals surface area contributed by atoms with Crippen LogP contribution in [0.3, 0.4) is 0 Å². The fraction of sp³-hybridized carbons (Fsp3) is 0.250. The summed E-state index contributed by atoms with van der Waals surface area (Å²) in [4.78, 5) is 14.9. The Morgan fingerprint density at radius 3 is 2.48 bits per heavy atom. The fourth-order valence-electron chi connectivity index (χ4n) is 3.09. The van der Waals surface area contributed by atoms with E-state index in [1.54, 1.807) is 18.2 Å². The van der Waals surface area contributed by atoms with Crippen molar-refractivity contribution in [1.29, 1.82) is 0 Å². The van der Waals surface area contributed by atoms with Crippen LogP contribution in [0.15, 0.2) is 64.2 Å². The molecule has 7 heteroatoms. The number of amides is 1. The minimum absolute atomic E-state index is 0.0364. The van der Waals surface area contributed by atoms with Crippen LogP contribution in [-0.2, 0) is 4.79 Å². The summed E-state index contributed by atoms with van der Waals surface area (Å²) in [6.07, 6.45) is 2.05. The second kappa shape index (κ2) is 7.92. The third-order valence-electron chi connectivity index (χ3n) is 4.47. The average molecular weight is 383 g/mol. The molecule has 138 valence electrons. The SMILES string of the molecule is O=C([C@@H](Sc1nnc(-c2ccccc2F)o1)c1ccccc1)N1CCCC1. The van der Waals surface area contributed by atoms with Gasteiger partial charge in [-0.25, -0.2) is 4.39 Å². The standard InChI is InChI=1S/C20H18FN3O2S/c21-16-11-5-4-10-15(16)18-22-23-20(26-18)27-17(14-8-2-1-3-9-14)19(25)24-12-6-7-13-24/h1-5,8-11,17H,6-7,12-13H2/t17-/m0/s1. The van der Waals surface area contributed by atoms with Crippen molar-refractivity contribution in [3.8, 4) is 11.5 Å². The summed E-state index contributed by atoms with van der Waals surface area (Å²) in [6.45, 7) is 1.54. The van der Waals surface area contributed by atoms with Crippen molar-refractivity contribution in [2.45, 2.75) is 23.3 Å². The Labute approximate surface area is 160 Å². The van der Waals surface area contributed by atoms with E-state index < -0.39 is 11.1 Å². The smallest absolute Gasteiger partial charge is 0.277 e. The lowest BCUT2D eigenvalue weighted by atomic mass is 10.1. The molecule has 27 heavy (non-hydrogen) atoms. The summed E-state index contributed by atoms with van der Waals surface area (Å²) >= 11 is 1.20. The predicted octanol–water partition coefficient (Wildman–Crippen LogP) is 4.33. The number of thioether (sulfide) groups is 1. The summed E-state index contributed by atoms with van der Waals surface area (Å²) in [5, 5.41) is 7.74. The first-order valence-corrected chi connectivity index (χ1v) is 9.69. The molecule has 3 aromatic rings. The molecule has 1 amide bonds. The molecule has 5 nitrogen and oxygen atoms in total. The summed E-state index contributed by atoms with van der Waals surface area (Å²) in [7, 11) is 0. The molecule has 0 spiro atoms. The van der Waals surface area contributed by atoms with Gasteiger partial charge in [0, 0.05) is 13.1 Å². The maximum atomic E-state index is 13.9. The zero-order valence-electron chi connectivity index (χ0n) is 14.5. The van der Waals surface area contributed by atoms with Crippen LogP contribution in [0.1, 0.15) is 23.7 Å². The molecule has 0 radical (unpaired) electrons. The number of carbonyl (C=O) groups excluding carboxylic acids is 1. The van der Waals surface area contributed by atoms with E-state index in [4.69, 9.17) is 4.42 Å². The highest BCUT2D eigenvalue weighted by Crippen LogP contribution is 2.37. The maximum absolute atomic E-state index is 13.9. The van der Waals surface area contributed by atoms with E-state index in [9.17, 15) is 9.18 Å². The Kier molecular flexibility index (Phi) is 5.20. The highest BCUT2D eigenvalue weighted by molar-refractivity contribution is 8.00. The van der Waals surface area contributed by atoms with Gasteiger partial charge in [-0.15, -0.1) is 10.2 Å². The summed E-state index contributed by atoms with van der Waals surface area (Å²) in [6, 6.07) is 15.8.